The number of hydrogen-bond donors (Lipinski definition) is 0. The maximum absolute atomic E-state index is 5.90. The molecule has 0 amide bonds. The van der Waals surface area contributed by atoms with Crippen molar-refractivity contribution in [1.29, 1.82) is 0 Å². The predicted octanol–water partition coefficient (Wildman–Crippen LogP) is 2.83. The standard InChI is InChI=1S/C12H15ClN2O/c1-6-8(2)16-10-7-9(13)14-11(15-10)12(3,4)5/h1,7-8H,2-5H3. The summed E-state index contributed by atoms with van der Waals surface area (Å²) in [5.74, 6) is 3.52. The van der Waals surface area contributed by atoms with Gasteiger partial charge >= 0.3 is 0 Å². The van der Waals surface area contributed by atoms with Gasteiger partial charge in [0.15, 0.2) is 6.10 Å². The molecular formula is C12H15ClN2O. The first-order valence-electron chi connectivity index (χ1n) is 5.01. The Labute approximate surface area is 101 Å². The Balaban J connectivity index is 3.05. The summed E-state index contributed by atoms with van der Waals surface area (Å²) in [6.07, 6.45) is 4.90. The molecule has 1 atom stereocenters. The molecule has 0 bridgehead atoms. The highest BCUT2D eigenvalue weighted by molar-refractivity contribution is 6.29. The molecule has 0 spiro atoms. The predicted molar refractivity (Wildman–Crippen MR) is 64.7 cm³/mol. The van der Waals surface area contributed by atoms with E-state index in [0.29, 0.717) is 16.9 Å². The highest BCUT2D eigenvalue weighted by Gasteiger charge is 2.19. The first kappa shape index (κ1) is 12.8. The number of halogens is 1. The molecule has 0 saturated heterocycles. The number of hydrogen-bond acceptors (Lipinski definition) is 3. The molecule has 0 aliphatic carbocycles. The quantitative estimate of drug-likeness (QED) is 0.587. The molecule has 86 valence electrons. The van der Waals surface area contributed by atoms with Crippen molar-refractivity contribution < 1.29 is 4.74 Å². The van der Waals surface area contributed by atoms with Crippen LogP contribution in [0.3, 0.4) is 0 Å². The van der Waals surface area contributed by atoms with Gasteiger partial charge in [0.25, 0.3) is 0 Å². The summed E-state index contributed by atoms with van der Waals surface area (Å²) < 4.78 is 5.41. The third kappa shape index (κ3) is 3.39. The maximum atomic E-state index is 5.90. The Hall–Kier alpha value is -1.27. The summed E-state index contributed by atoms with van der Waals surface area (Å²) >= 11 is 5.90. The second-order valence-electron chi connectivity index (χ2n) is 4.53. The summed E-state index contributed by atoms with van der Waals surface area (Å²) in [4.78, 5) is 8.44. The zero-order valence-electron chi connectivity index (χ0n) is 9.91. The lowest BCUT2D eigenvalue weighted by Gasteiger charge is -2.18. The van der Waals surface area contributed by atoms with E-state index in [4.69, 9.17) is 22.8 Å². The van der Waals surface area contributed by atoms with Gasteiger partial charge in [0.2, 0.25) is 5.88 Å². The minimum absolute atomic E-state index is 0.178. The number of ether oxygens (including phenoxy) is 1. The fourth-order valence-electron chi connectivity index (χ4n) is 1.01. The zero-order valence-corrected chi connectivity index (χ0v) is 10.7. The lowest BCUT2D eigenvalue weighted by Crippen LogP contribution is -2.18. The van der Waals surface area contributed by atoms with Crippen LogP contribution in [0.4, 0.5) is 0 Å². The van der Waals surface area contributed by atoms with Crippen molar-refractivity contribution in [1.82, 2.24) is 9.97 Å². The number of nitrogens with zero attached hydrogens (tertiary/aromatic N) is 2. The van der Waals surface area contributed by atoms with E-state index >= 15 is 0 Å². The van der Waals surface area contributed by atoms with Gasteiger partial charge in [-0.1, -0.05) is 38.3 Å². The molecule has 1 aromatic heterocycles. The van der Waals surface area contributed by atoms with Crippen LogP contribution in [0.2, 0.25) is 5.15 Å². The molecule has 0 aliphatic rings. The van der Waals surface area contributed by atoms with Gasteiger partial charge in [0.1, 0.15) is 11.0 Å². The zero-order chi connectivity index (χ0) is 12.3. The van der Waals surface area contributed by atoms with E-state index in [1.807, 2.05) is 20.8 Å². The average molecular weight is 239 g/mol. The van der Waals surface area contributed by atoms with Crippen molar-refractivity contribution in [3.05, 3.63) is 17.0 Å². The molecule has 0 fully saturated rings. The Kier molecular flexibility index (Phi) is 3.77. The Morgan fingerprint density at radius 1 is 1.44 bits per heavy atom. The number of terminal acetylenes is 1. The third-order valence-corrected chi connectivity index (χ3v) is 2.07. The first-order chi connectivity index (χ1) is 7.32. The van der Waals surface area contributed by atoms with Gasteiger partial charge in [0.05, 0.1) is 0 Å². The molecule has 1 heterocycles. The molecule has 3 nitrogen and oxygen atoms in total. The normalized spacial score (nSPS) is 13.0. The van der Waals surface area contributed by atoms with Crippen molar-refractivity contribution in [3.8, 4) is 18.2 Å². The molecule has 0 radical (unpaired) electrons. The maximum Gasteiger partial charge on any atom is 0.219 e. The minimum atomic E-state index is -0.334. The SMILES string of the molecule is C#CC(C)Oc1cc(Cl)nc(C(C)(C)C)n1. The second kappa shape index (κ2) is 4.71. The molecule has 16 heavy (non-hydrogen) atoms. The molecule has 0 N–H and O–H groups in total. The van der Waals surface area contributed by atoms with Gasteiger partial charge in [-0.25, -0.2) is 4.98 Å². The van der Waals surface area contributed by atoms with Crippen molar-refractivity contribution in [2.24, 2.45) is 0 Å². The molecule has 1 rings (SSSR count). The molecule has 4 heteroatoms. The molecular weight excluding hydrogens is 224 g/mol. The first-order valence-corrected chi connectivity index (χ1v) is 5.38. The van der Waals surface area contributed by atoms with Crippen LogP contribution >= 0.6 is 11.6 Å². The van der Waals surface area contributed by atoms with Crippen LogP contribution in [0.15, 0.2) is 6.07 Å². The van der Waals surface area contributed by atoms with E-state index < -0.39 is 0 Å². The fourth-order valence-corrected chi connectivity index (χ4v) is 1.18. The van der Waals surface area contributed by atoms with E-state index in [1.54, 1.807) is 13.0 Å². The van der Waals surface area contributed by atoms with Gasteiger partial charge in [-0.15, -0.1) is 6.42 Å². The smallest absolute Gasteiger partial charge is 0.219 e. The third-order valence-electron chi connectivity index (χ3n) is 1.87. The van der Waals surface area contributed by atoms with Crippen LogP contribution in [0.1, 0.15) is 33.5 Å². The van der Waals surface area contributed by atoms with Crippen LogP contribution in [0, 0.1) is 12.3 Å². The average Bonchev–Trinajstić information content (AvgIpc) is 2.15. The monoisotopic (exact) mass is 238 g/mol. The van der Waals surface area contributed by atoms with Crippen LogP contribution in [0.25, 0.3) is 0 Å². The van der Waals surface area contributed by atoms with Crippen LogP contribution in [-0.4, -0.2) is 16.1 Å². The summed E-state index contributed by atoms with van der Waals surface area (Å²) in [5, 5.41) is 0.360. The number of aromatic nitrogens is 2. The van der Waals surface area contributed by atoms with E-state index in [2.05, 4.69) is 15.9 Å². The minimum Gasteiger partial charge on any atom is -0.461 e. The Morgan fingerprint density at radius 2 is 2.06 bits per heavy atom. The van der Waals surface area contributed by atoms with Gasteiger partial charge in [0, 0.05) is 11.5 Å². The molecule has 0 aliphatic heterocycles. The summed E-state index contributed by atoms with van der Waals surface area (Å²) in [6.45, 7) is 7.79. The lowest BCUT2D eigenvalue weighted by atomic mass is 9.96. The number of rotatable bonds is 2. The van der Waals surface area contributed by atoms with Crippen molar-refractivity contribution >= 4 is 11.6 Å². The van der Waals surface area contributed by atoms with E-state index in [1.165, 1.54) is 0 Å². The van der Waals surface area contributed by atoms with Crippen LogP contribution in [0.5, 0.6) is 5.88 Å². The summed E-state index contributed by atoms with van der Waals surface area (Å²) in [5.41, 5.74) is -0.178. The Bertz CT molecular complexity index is 418. The molecule has 1 aromatic rings. The van der Waals surface area contributed by atoms with Gasteiger partial charge in [-0.2, -0.15) is 4.98 Å². The lowest BCUT2D eigenvalue weighted by molar-refractivity contribution is 0.265. The Morgan fingerprint density at radius 3 is 2.56 bits per heavy atom. The van der Waals surface area contributed by atoms with Crippen molar-refractivity contribution in [3.63, 3.8) is 0 Å². The van der Waals surface area contributed by atoms with E-state index in [0.717, 1.165) is 0 Å². The van der Waals surface area contributed by atoms with Crippen molar-refractivity contribution in [2.45, 2.75) is 39.2 Å². The highest BCUT2D eigenvalue weighted by Crippen LogP contribution is 2.23. The summed E-state index contributed by atoms with van der Waals surface area (Å²) in [7, 11) is 0. The van der Waals surface area contributed by atoms with Gasteiger partial charge in [-0.3, -0.25) is 0 Å². The molecule has 0 saturated carbocycles. The van der Waals surface area contributed by atoms with Crippen LogP contribution < -0.4 is 4.74 Å². The van der Waals surface area contributed by atoms with Gasteiger partial charge < -0.3 is 4.74 Å². The highest BCUT2D eigenvalue weighted by atomic mass is 35.5. The second-order valence-corrected chi connectivity index (χ2v) is 4.92. The van der Waals surface area contributed by atoms with E-state index in [9.17, 15) is 0 Å². The molecule has 1 unspecified atom stereocenters. The van der Waals surface area contributed by atoms with E-state index in [-0.39, 0.29) is 11.5 Å². The largest absolute Gasteiger partial charge is 0.461 e. The fraction of sp³-hybridized carbons (Fsp3) is 0.500. The molecule has 0 aromatic carbocycles. The van der Waals surface area contributed by atoms with Crippen molar-refractivity contribution in [2.75, 3.05) is 0 Å². The van der Waals surface area contributed by atoms with Crippen LogP contribution in [-0.2, 0) is 5.41 Å². The van der Waals surface area contributed by atoms with Gasteiger partial charge in [-0.05, 0) is 6.92 Å². The topological polar surface area (TPSA) is 35.0 Å². The summed E-state index contributed by atoms with van der Waals surface area (Å²) in [6, 6.07) is 1.56.